The van der Waals surface area contributed by atoms with Gasteiger partial charge in [0.2, 0.25) is 0 Å². The van der Waals surface area contributed by atoms with Gasteiger partial charge < -0.3 is 4.90 Å². The van der Waals surface area contributed by atoms with Crippen molar-refractivity contribution < 1.29 is 0 Å². The molecule has 15 heavy (non-hydrogen) atoms. The first kappa shape index (κ1) is 11.1. The Morgan fingerprint density at radius 3 is 3.13 bits per heavy atom. The summed E-state index contributed by atoms with van der Waals surface area (Å²) in [5, 5.41) is 0. The Morgan fingerprint density at radius 2 is 2.47 bits per heavy atom. The minimum atomic E-state index is 0.387. The lowest BCUT2D eigenvalue weighted by atomic mass is 10.1. The molecule has 2 rings (SSSR count). The summed E-state index contributed by atoms with van der Waals surface area (Å²) < 4.78 is 0.939. The van der Waals surface area contributed by atoms with Gasteiger partial charge in [-0.15, -0.1) is 11.6 Å². The molecule has 1 aromatic rings. The topological polar surface area (TPSA) is 29.0 Å². The summed E-state index contributed by atoms with van der Waals surface area (Å²) in [6.07, 6.45) is 4.53. The highest BCUT2D eigenvalue weighted by molar-refractivity contribution is 9.10. The molecule has 5 heteroatoms. The summed E-state index contributed by atoms with van der Waals surface area (Å²) in [6, 6.07) is 0.387. The molecule has 3 nitrogen and oxygen atoms in total. The number of rotatable bonds is 2. The zero-order valence-electron chi connectivity index (χ0n) is 8.53. The van der Waals surface area contributed by atoms with Crippen molar-refractivity contribution in [2.45, 2.75) is 19.4 Å². The summed E-state index contributed by atoms with van der Waals surface area (Å²) in [4.78, 5) is 10.5. The van der Waals surface area contributed by atoms with Crippen LogP contribution in [0.3, 0.4) is 0 Å². The predicted octanol–water partition coefficient (Wildman–Crippen LogP) is 2.69. The Kier molecular flexibility index (Phi) is 3.46. The number of anilines is 1. The van der Waals surface area contributed by atoms with Crippen LogP contribution in [0.2, 0.25) is 0 Å². The molecule has 1 aromatic heterocycles. The van der Waals surface area contributed by atoms with Crippen molar-refractivity contribution in [2.75, 3.05) is 17.3 Å². The minimum absolute atomic E-state index is 0.387. The maximum atomic E-state index is 6.00. The quantitative estimate of drug-likeness (QED) is 0.784. The van der Waals surface area contributed by atoms with E-state index >= 15 is 0 Å². The van der Waals surface area contributed by atoms with Crippen molar-refractivity contribution in [1.29, 1.82) is 0 Å². The largest absolute Gasteiger partial charge is 0.351 e. The fourth-order valence-electron chi connectivity index (χ4n) is 2.02. The van der Waals surface area contributed by atoms with Gasteiger partial charge in [-0.25, -0.2) is 9.97 Å². The molecule has 2 heterocycles. The molecule has 0 spiro atoms. The van der Waals surface area contributed by atoms with Crippen LogP contribution >= 0.6 is 27.5 Å². The summed E-state index contributed by atoms with van der Waals surface area (Å²) in [7, 11) is 0. The van der Waals surface area contributed by atoms with E-state index in [4.69, 9.17) is 11.6 Å². The van der Waals surface area contributed by atoms with Gasteiger partial charge in [0.25, 0.3) is 0 Å². The monoisotopic (exact) mass is 289 g/mol. The third kappa shape index (κ3) is 2.11. The number of hydrogen-bond donors (Lipinski definition) is 0. The third-order valence-corrected chi connectivity index (χ3v) is 3.84. The fourth-order valence-corrected chi connectivity index (χ4v) is 2.94. The zero-order valence-corrected chi connectivity index (χ0v) is 10.9. The summed E-state index contributed by atoms with van der Waals surface area (Å²) in [6.45, 7) is 3.26. The second-order valence-corrected chi connectivity index (χ2v) is 5.04. The van der Waals surface area contributed by atoms with Crippen LogP contribution < -0.4 is 4.90 Å². The Morgan fingerprint density at radius 1 is 1.67 bits per heavy atom. The van der Waals surface area contributed by atoms with Crippen molar-refractivity contribution in [1.82, 2.24) is 9.97 Å². The molecule has 1 aliphatic rings. The Bertz CT molecular complexity index is 347. The van der Waals surface area contributed by atoms with E-state index in [1.54, 1.807) is 12.5 Å². The molecule has 2 atom stereocenters. The lowest BCUT2D eigenvalue weighted by Crippen LogP contribution is -2.34. The molecule has 0 aromatic carbocycles. The van der Waals surface area contributed by atoms with Crippen LogP contribution in [0.4, 0.5) is 5.82 Å². The molecule has 1 aliphatic heterocycles. The van der Waals surface area contributed by atoms with Crippen LogP contribution in [-0.4, -0.2) is 28.4 Å². The average molecular weight is 291 g/mol. The first-order valence-electron chi connectivity index (χ1n) is 5.02. The standard InChI is InChI=1S/C10H13BrClN3/c1-7-2-3-15(9(7)4-12)10-8(11)5-13-6-14-10/h5-7,9H,2-4H2,1H3. The van der Waals surface area contributed by atoms with E-state index in [-0.39, 0.29) is 0 Å². The lowest BCUT2D eigenvalue weighted by Gasteiger charge is -2.26. The van der Waals surface area contributed by atoms with Crippen molar-refractivity contribution >= 4 is 33.3 Å². The fraction of sp³-hybridized carbons (Fsp3) is 0.600. The normalized spacial score (nSPS) is 25.9. The second kappa shape index (κ2) is 4.66. The van der Waals surface area contributed by atoms with Crippen molar-refractivity contribution in [3.8, 4) is 0 Å². The van der Waals surface area contributed by atoms with Crippen molar-refractivity contribution in [3.63, 3.8) is 0 Å². The van der Waals surface area contributed by atoms with Crippen LogP contribution in [0.5, 0.6) is 0 Å². The first-order valence-corrected chi connectivity index (χ1v) is 6.35. The molecule has 1 fully saturated rings. The summed E-state index contributed by atoms with van der Waals surface area (Å²) in [5.74, 6) is 2.24. The molecular weight excluding hydrogens is 277 g/mol. The Labute approximate surface area is 103 Å². The average Bonchev–Trinajstić information content (AvgIpc) is 2.60. The van der Waals surface area contributed by atoms with Gasteiger partial charge in [-0.05, 0) is 28.3 Å². The molecule has 0 bridgehead atoms. The molecule has 0 radical (unpaired) electrons. The van der Waals surface area contributed by atoms with E-state index in [2.05, 4.69) is 37.7 Å². The molecule has 0 aliphatic carbocycles. The van der Waals surface area contributed by atoms with Gasteiger partial charge in [-0.2, -0.15) is 0 Å². The van der Waals surface area contributed by atoms with Gasteiger partial charge in [0.15, 0.2) is 0 Å². The first-order chi connectivity index (χ1) is 7.24. The Hall–Kier alpha value is -0.350. The SMILES string of the molecule is CC1CCN(c2ncncc2Br)C1CCl. The van der Waals surface area contributed by atoms with E-state index in [1.165, 1.54) is 6.42 Å². The van der Waals surface area contributed by atoms with Gasteiger partial charge in [-0.1, -0.05) is 6.92 Å². The van der Waals surface area contributed by atoms with Crippen LogP contribution in [0.1, 0.15) is 13.3 Å². The van der Waals surface area contributed by atoms with Gasteiger partial charge in [0.1, 0.15) is 12.1 Å². The number of hydrogen-bond acceptors (Lipinski definition) is 3. The molecule has 0 saturated carbocycles. The summed E-state index contributed by atoms with van der Waals surface area (Å²) >= 11 is 9.47. The van der Waals surface area contributed by atoms with E-state index in [1.807, 2.05) is 0 Å². The molecule has 0 N–H and O–H groups in total. The van der Waals surface area contributed by atoms with Crippen molar-refractivity contribution in [2.24, 2.45) is 5.92 Å². The highest BCUT2D eigenvalue weighted by Gasteiger charge is 2.32. The van der Waals surface area contributed by atoms with Gasteiger partial charge in [0.05, 0.1) is 4.47 Å². The van der Waals surface area contributed by atoms with E-state index in [0.717, 1.165) is 16.8 Å². The van der Waals surface area contributed by atoms with Crippen LogP contribution in [-0.2, 0) is 0 Å². The van der Waals surface area contributed by atoms with Crippen molar-refractivity contribution in [3.05, 3.63) is 17.0 Å². The third-order valence-electron chi connectivity index (χ3n) is 2.96. The smallest absolute Gasteiger partial charge is 0.146 e. The molecule has 2 unspecified atom stereocenters. The maximum Gasteiger partial charge on any atom is 0.146 e. The minimum Gasteiger partial charge on any atom is -0.351 e. The number of nitrogens with zero attached hydrogens (tertiary/aromatic N) is 3. The van der Waals surface area contributed by atoms with E-state index in [9.17, 15) is 0 Å². The lowest BCUT2D eigenvalue weighted by molar-refractivity contribution is 0.548. The number of alkyl halides is 1. The van der Waals surface area contributed by atoms with Crippen LogP contribution in [0, 0.1) is 5.92 Å². The number of aromatic nitrogens is 2. The van der Waals surface area contributed by atoms with Gasteiger partial charge >= 0.3 is 0 Å². The highest BCUT2D eigenvalue weighted by Crippen LogP contribution is 2.32. The maximum absolute atomic E-state index is 6.00. The van der Waals surface area contributed by atoms with Crippen LogP contribution in [0.25, 0.3) is 0 Å². The highest BCUT2D eigenvalue weighted by atomic mass is 79.9. The molecule has 1 saturated heterocycles. The number of halogens is 2. The van der Waals surface area contributed by atoms with E-state index in [0.29, 0.717) is 17.8 Å². The van der Waals surface area contributed by atoms with Gasteiger partial charge in [-0.3, -0.25) is 0 Å². The molecule has 82 valence electrons. The molecule has 0 amide bonds. The van der Waals surface area contributed by atoms with Crippen LogP contribution in [0.15, 0.2) is 17.0 Å². The molecular formula is C10H13BrClN3. The summed E-state index contributed by atoms with van der Waals surface area (Å²) in [5.41, 5.74) is 0. The van der Waals surface area contributed by atoms with E-state index < -0.39 is 0 Å². The second-order valence-electron chi connectivity index (χ2n) is 3.88. The Balaban J connectivity index is 2.28. The predicted molar refractivity (Wildman–Crippen MR) is 65.4 cm³/mol. The zero-order chi connectivity index (χ0) is 10.8. The van der Waals surface area contributed by atoms with Gasteiger partial charge in [0, 0.05) is 24.7 Å².